The summed E-state index contributed by atoms with van der Waals surface area (Å²) in [6.07, 6.45) is 1.54. The molecule has 0 amide bonds. The molecule has 5 nitrogen and oxygen atoms in total. The van der Waals surface area contributed by atoms with Crippen LogP contribution in [-0.4, -0.2) is 18.0 Å². The lowest BCUT2D eigenvalue weighted by molar-refractivity contribution is 0.598. The number of nitrogens with zero attached hydrogens (tertiary/aromatic N) is 2. The second-order valence-electron chi connectivity index (χ2n) is 4.00. The molecular weight excluding hydrogens is 330 g/mol. The minimum atomic E-state index is -3.66. The third-order valence-electron chi connectivity index (χ3n) is 2.69. The van der Waals surface area contributed by atoms with Gasteiger partial charge >= 0.3 is 0 Å². The molecule has 0 saturated carbocycles. The quantitative estimate of drug-likeness (QED) is 0.928. The van der Waals surface area contributed by atoms with Crippen LogP contribution in [0.25, 0.3) is 0 Å². The van der Waals surface area contributed by atoms with Gasteiger partial charge in [0.15, 0.2) is 5.03 Å². The lowest BCUT2D eigenvalue weighted by Gasteiger charge is -2.07. The van der Waals surface area contributed by atoms with E-state index >= 15 is 0 Å². The molecule has 0 aliphatic rings. The van der Waals surface area contributed by atoms with Crippen molar-refractivity contribution in [2.75, 3.05) is 4.72 Å². The summed E-state index contributed by atoms with van der Waals surface area (Å²) in [5.41, 5.74) is 0.492. The Morgan fingerprint density at radius 1 is 1.37 bits per heavy atom. The van der Waals surface area contributed by atoms with E-state index in [1.165, 1.54) is 6.20 Å². The number of benzene rings is 1. The summed E-state index contributed by atoms with van der Waals surface area (Å²) in [5, 5.41) is 0.0302. The van der Waals surface area contributed by atoms with E-state index in [1.807, 2.05) is 13.0 Å². The van der Waals surface area contributed by atoms with Gasteiger partial charge in [-0.1, -0.05) is 12.1 Å². The summed E-state index contributed by atoms with van der Waals surface area (Å²) in [4.78, 5) is 4.08. The van der Waals surface area contributed by atoms with Crippen molar-refractivity contribution in [3.05, 3.63) is 40.8 Å². The maximum atomic E-state index is 12.2. The summed E-state index contributed by atoms with van der Waals surface area (Å²) in [5.74, 6) is 0.676. The highest BCUT2D eigenvalue weighted by Crippen LogP contribution is 2.24. The highest BCUT2D eigenvalue weighted by atomic mass is 79.9. The number of rotatable bonds is 4. The fourth-order valence-corrected chi connectivity index (χ4v) is 3.28. The number of aryl methyl sites for hydroxylation is 2. The van der Waals surface area contributed by atoms with Crippen LogP contribution >= 0.6 is 15.9 Å². The molecule has 0 saturated heterocycles. The largest absolute Gasteiger partial charge is 0.334 e. The van der Waals surface area contributed by atoms with Crippen molar-refractivity contribution in [1.82, 2.24) is 9.55 Å². The number of imidazole rings is 1. The van der Waals surface area contributed by atoms with Gasteiger partial charge in [0.05, 0.1) is 5.69 Å². The third kappa shape index (κ3) is 2.98. The zero-order chi connectivity index (χ0) is 14.0. The van der Waals surface area contributed by atoms with Gasteiger partial charge in [0.1, 0.15) is 5.82 Å². The lowest BCUT2D eigenvalue weighted by Crippen LogP contribution is -2.13. The van der Waals surface area contributed by atoms with E-state index in [0.29, 0.717) is 22.5 Å². The molecule has 1 aromatic heterocycles. The predicted octanol–water partition coefficient (Wildman–Crippen LogP) is 2.77. The Labute approximate surface area is 120 Å². The van der Waals surface area contributed by atoms with Gasteiger partial charge in [-0.2, -0.15) is 8.42 Å². The van der Waals surface area contributed by atoms with Crippen LogP contribution in [-0.2, 0) is 16.6 Å². The third-order valence-corrected chi connectivity index (χ3v) is 4.62. The van der Waals surface area contributed by atoms with E-state index in [1.54, 1.807) is 29.7 Å². The molecule has 0 aliphatic heterocycles. The van der Waals surface area contributed by atoms with Crippen LogP contribution in [0.5, 0.6) is 0 Å². The zero-order valence-electron chi connectivity index (χ0n) is 10.6. The maximum absolute atomic E-state index is 12.2. The maximum Gasteiger partial charge on any atom is 0.280 e. The smallest absolute Gasteiger partial charge is 0.280 e. The summed E-state index contributed by atoms with van der Waals surface area (Å²) < 4.78 is 29.4. The monoisotopic (exact) mass is 343 g/mol. The van der Waals surface area contributed by atoms with Crippen LogP contribution < -0.4 is 4.72 Å². The molecule has 1 aromatic carbocycles. The molecule has 7 heteroatoms. The number of sulfonamides is 1. The van der Waals surface area contributed by atoms with Gasteiger partial charge in [0.2, 0.25) is 0 Å². The van der Waals surface area contributed by atoms with Crippen molar-refractivity contribution in [3.63, 3.8) is 0 Å². The first-order chi connectivity index (χ1) is 8.94. The number of nitrogens with one attached hydrogen (secondary N) is 1. The fraction of sp³-hybridized carbons (Fsp3) is 0.250. The van der Waals surface area contributed by atoms with Crippen molar-refractivity contribution < 1.29 is 8.42 Å². The minimum absolute atomic E-state index is 0.0302. The molecule has 0 bridgehead atoms. The Morgan fingerprint density at radius 3 is 2.63 bits per heavy atom. The lowest BCUT2D eigenvalue weighted by atomic mass is 10.3. The van der Waals surface area contributed by atoms with Gasteiger partial charge in [-0.15, -0.1) is 0 Å². The Morgan fingerprint density at radius 2 is 2.05 bits per heavy atom. The summed E-state index contributed by atoms with van der Waals surface area (Å²) in [6.45, 7) is 4.40. The number of aromatic nitrogens is 2. The molecule has 0 spiro atoms. The molecule has 19 heavy (non-hydrogen) atoms. The average Bonchev–Trinajstić information content (AvgIpc) is 2.74. The number of halogens is 1. The standard InChI is InChI=1S/C12H14BrN3O2S/c1-3-16-8-12(14-9(16)2)19(17,18)15-11-7-5-4-6-10(11)13/h4-8,15H,3H2,1-2H3. The predicted molar refractivity (Wildman–Crippen MR) is 77.6 cm³/mol. The van der Waals surface area contributed by atoms with Crippen LogP contribution in [0.4, 0.5) is 5.69 Å². The number of hydrogen-bond acceptors (Lipinski definition) is 3. The van der Waals surface area contributed by atoms with Crippen LogP contribution in [0.1, 0.15) is 12.7 Å². The first kappa shape index (κ1) is 14.1. The van der Waals surface area contributed by atoms with Gasteiger partial charge < -0.3 is 4.57 Å². The minimum Gasteiger partial charge on any atom is -0.334 e. The number of para-hydroxylation sites is 1. The summed E-state index contributed by atoms with van der Waals surface area (Å²) >= 11 is 3.30. The SMILES string of the molecule is CCn1cc(S(=O)(=O)Nc2ccccc2Br)nc1C. The Bertz CT molecular complexity index is 695. The van der Waals surface area contributed by atoms with E-state index in [-0.39, 0.29) is 5.03 Å². The number of hydrogen-bond donors (Lipinski definition) is 1. The van der Waals surface area contributed by atoms with Gasteiger partial charge in [-0.3, -0.25) is 4.72 Å². The van der Waals surface area contributed by atoms with Crippen LogP contribution in [0.15, 0.2) is 40.0 Å². The van der Waals surface area contributed by atoms with E-state index in [0.717, 1.165) is 0 Å². The molecule has 2 rings (SSSR count). The van der Waals surface area contributed by atoms with Crippen molar-refractivity contribution in [2.45, 2.75) is 25.4 Å². The molecule has 1 heterocycles. The first-order valence-corrected chi connectivity index (χ1v) is 8.03. The van der Waals surface area contributed by atoms with E-state index in [9.17, 15) is 8.42 Å². The molecule has 0 atom stereocenters. The fourth-order valence-electron chi connectivity index (χ4n) is 1.67. The van der Waals surface area contributed by atoms with Crippen molar-refractivity contribution in [1.29, 1.82) is 0 Å². The molecule has 0 unspecified atom stereocenters. The van der Waals surface area contributed by atoms with Crippen LogP contribution in [0, 0.1) is 6.92 Å². The summed E-state index contributed by atoms with van der Waals surface area (Å²) in [7, 11) is -3.66. The van der Waals surface area contributed by atoms with Crippen LogP contribution in [0.2, 0.25) is 0 Å². The zero-order valence-corrected chi connectivity index (χ0v) is 13.0. The molecule has 102 valence electrons. The van der Waals surface area contributed by atoms with Crippen LogP contribution in [0.3, 0.4) is 0 Å². The second-order valence-corrected chi connectivity index (χ2v) is 6.48. The molecule has 1 N–H and O–H groups in total. The van der Waals surface area contributed by atoms with Crippen molar-refractivity contribution >= 4 is 31.6 Å². The molecule has 0 fully saturated rings. The summed E-state index contributed by atoms with van der Waals surface area (Å²) in [6, 6.07) is 7.04. The molecule has 2 aromatic rings. The molecule has 0 radical (unpaired) electrons. The normalized spacial score (nSPS) is 11.5. The number of anilines is 1. The highest BCUT2D eigenvalue weighted by Gasteiger charge is 2.19. The average molecular weight is 344 g/mol. The van der Waals surface area contributed by atoms with Gasteiger partial charge in [0, 0.05) is 17.2 Å². The molecule has 0 aliphatic carbocycles. The Hall–Kier alpha value is -1.34. The van der Waals surface area contributed by atoms with Gasteiger partial charge in [0.25, 0.3) is 10.0 Å². The Balaban J connectivity index is 2.35. The van der Waals surface area contributed by atoms with Crippen molar-refractivity contribution in [3.8, 4) is 0 Å². The van der Waals surface area contributed by atoms with E-state index < -0.39 is 10.0 Å². The Kier molecular flexibility index (Phi) is 3.96. The van der Waals surface area contributed by atoms with E-state index in [4.69, 9.17) is 0 Å². The van der Waals surface area contributed by atoms with Gasteiger partial charge in [-0.05, 0) is 41.9 Å². The second kappa shape index (κ2) is 5.34. The first-order valence-electron chi connectivity index (χ1n) is 5.75. The highest BCUT2D eigenvalue weighted by molar-refractivity contribution is 9.10. The van der Waals surface area contributed by atoms with Crippen molar-refractivity contribution in [2.24, 2.45) is 0 Å². The van der Waals surface area contributed by atoms with E-state index in [2.05, 4.69) is 25.6 Å². The van der Waals surface area contributed by atoms with Gasteiger partial charge in [-0.25, -0.2) is 4.98 Å². The molecular formula is C12H14BrN3O2S. The topological polar surface area (TPSA) is 64.0 Å².